The maximum absolute atomic E-state index is 5.49. The van der Waals surface area contributed by atoms with Crippen LogP contribution in [0.2, 0.25) is 0 Å². The first-order valence-corrected chi connectivity index (χ1v) is 4.79. The monoisotopic (exact) mass is 204 g/mol. The minimum atomic E-state index is -0.302. The third-order valence-electron chi connectivity index (χ3n) is 2.17. The summed E-state index contributed by atoms with van der Waals surface area (Å²) in [5, 5.41) is 0. The van der Waals surface area contributed by atoms with Gasteiger partial charge in [-0.25, -0.2) is 0 Å². The van der Waals surface area contributed by atoms with Crippen molar-refractivity contribution in [2.75, 3.05) is 13.2 Å². The number of hydrogen-bond donors (Lipinski definition) is 0. The Morgan fingerprint density at radius 3 is 2.47 bits per heavy atom. The molecule has 1 aromatic carbocycles. The van der Waals surface area contributed by atoms with Crippen LogP contribution >= 0.6 is 0 Å². The van der Waals surface area contributed by atoms with Crippen molar-refractivity contribution < 1.29 is 14.2 Å². The second-order valence-electron chi connectivity index (χ2n) is 3.27. The largest absolute Gasteiger partial charge is 0.439 e. The lowest BCUT2D eigenvalue weighted by Crippen LogP contribution is -2.32. The summed E-state index contributed by atoms with van der Waals surface area (Å²) in [7, 11) is 0. The van der Waals surface area contributed by atoms with E-state index in [-0.39, 0.29) is 12.4 Å². The van der Waals surface area contributed by atoms with Gasteiger partial charge in [-0.1, -0.05) is 36.8 Å². The number of ether oxygens (including phenoxy) is 3. The van der Waals surface area contributed by atoms with Gasteiger partial charge in [0.05, 0.1) is 13.2 Å². The van der Waals surface area contributed by atoms with Crippen LogP contribution in [0.4, 0.5) is 0 Å². The summed E-state index contributed by atoms with van der Waals surface area (Å²) in [5.74, 6) is 0. The van der Waals surface area contributed by atoms with E-state index in [9.17, 15) is 0 Å². The van der Waals surface area contributed by atoms with Gasteiger partial charge in [0.15, 0.2) is 12.4 Å². The summed E-state index contributed by atoms with van der Waals surface area (Å²) in [6, 6.07) is 9.79. The first-order chi connectivity index (χ1) is 7.40. The maximum Gasteiger partial charge on any atom is 0.184 e. The highest BCUT2D eigenvalue weighted by molar-refractivity contribution is 5.16. The van der Waals surface area contributed by atoms with Crippen LogP contribution in [0.25, 0.3) is 0 Å². The molecule has 78 valence electrons. The van der Waals surface area contributed by atoms with Crippen molar-refractivity contribution in [3.63, 3.8) is 0 Å². The molecule has 0 aliphatic carbocycles. The highest BCUT2D eigenvalue weighted by Gasteiger charge is 2.23. The molecule has 0 unspecified atom stereocenters. The molecule has 1 saturated heterocycles. The van der Waals surface area contributed by atoms with Crippen LogP contribution in [-0.2, 0) is 14.2 Å². The highest BCUT2D eigenvalue weighted by atomic mass is 16.7. The van der Waals surface area contributed by atoms with Crippen LogP contribution in [0.3, 0.4) is 0 Å². The molecule has 15 heavy (non-hydrogen) atoms. The molecule has 0 radical (unpaired) electrons. The summed E-state index contributed by atoms with van der Waals surface area (Å²) in [5.41, 5.74) is 1.01. The fraction of sp³-hybridized carbons (Fsp3) is 0.333. The molecular formula is C12H12O3. The lowest BCUT2D eigenvalue weighted by Gasteiger charge is -2.28. The summed E-state index contributed by atoms with van der Waals surface area (Å²) in [4.78, 5) is 0. The van der Waals surface area contributed by atoms with Crippen molar-refractivity contribution in [3.8, 4) is 12.5 Å². The van der Waals surface area contributed by atoms with Crippen LogP contribution in [-0.4, -0.2) is 19.3 Å². The van der Waals surface area contributed by atoms with Crippen molar-refractivity contribution in [1.82, 2.24) is 0 Å². The van der Waals surface area contributed by atoms with E-state index < -0.39 is 0 Å². The molecule has 1 aromatic rings. The standard InChI is InChI=1S/C12H12O3/c1-2-13-11-8-14-12(15-9-11)10-6-4-3-5-7-10/h1,3-7,11-12H,8-9H2. The van der Waals surface area contributed by atoms with Crippen molar-refractivity contribution in [2.24, 2.45) is 0 Å². The van der Waals surface area contributed by atoms with Gasteiger partial charge in [0.1, 0.15) is 6.11 Å². The average molecular weight is 204 g/mol. The second-order valence-corrected chi connectivity index (χ2v) is 3.27. The fourth-order valence-corrected chi connectivity index (χ4v) is 1.45. The van der Waals surface area contributed by atoms with Crippen molar-refractivity contribution in [1.29, 1.82) is 0 Å². The number of terminal acetylenes is 1. The molecule has 1 aliphatic heterocycles. The Bertz CT molecular complexity index is 334. The van der Waals surface area contributed by atoms with Crippen LogP contribution in [0.1, 0.15) is 11.9 Å². The zero-order valence-electron chi connectivity index (χ0n) is 8.26. The van der Waals surface area contributed by atoms with Gasteiger partial charge in [-0.3, -0.25) is 0 Å². The molecular weight excluding hydrogens is 192 g/mol. The van der Waals surface area contributed by atoms with Gasteiger partial charge in [0, 0.05) is 5.56 Å². The minimum absolute atomic E-state index is 0.157. The quantitative estimate of drug-likeness (QED) is 0.686. The maximum atomic E-state index is 5.49. The molecule has 0 N–H and O–H groups in total. The summed E-state index contributed by atoms with van der Waals surface area (Å²) in [6.07, 6.45) is 6.69. The van der Waals surface area contributed by atoms with Gasteiger partial charge in [-0.15, -0.1) is 0 Å². The Balaban J connectivity index is 1.92. The first-order valence-electron chi connectivity index (χ1n) is 4.79. The van der Waals surface area contributed by atoms with Crippen molar-refractivity contribution in [3.05, 3.63) is 35.9 Å². The number of rotatable bonds is 2. The summed E-state index contributed by atoms with van der Waals surface area (Å²) < 4.78 is 15.9. The molecule has 0 saturated carbocycles. The van der Waals surface area contributed by atoms with Gasteiger partial charge in [-0.2, -0.15) is 0 Å². The van der Waals surface area contributed by atoms with Crippen molar-refractivity contribution in [2.45, 2.75) is 12.4 Å². The summed E-state index contributed by atoms with van der Waals surface area (Å²) >= 11 is 0. The van der Waals surface area contributed by atoms with E-state index in [0.29, 0.717) is 13.2 Å². The molecule has 0 amide bonds. The molecule has 1 fully saturated rings. The Morgan fingerprint density at radius 2 is 1.87 bits per heavy atom. The predicted molar refractivity (Wildman–Crippen MR) is 54.8 cm³/mol. The third kappa shape index (κ3) is 2.50. The molecule has 3 heteroatoms. The second kappa shape index (κ2) is 4.83. The van der Waals surface area contributed by atoms with E-state index >= 15 is 0 Å². The summed E-state index contributed by atoms with van der Waals surface area (Å²) in [6.45, 7) is 0.924. The lowest BCUT2D eigenvalue weighted by molar-refractivity contribution is -0.219. The van der Waals surface area contributed by atoms with Crippen LogP contribution in [0, 0.1) is 12.5 Å². The molecule has 1 heterocycles. The minimum Gasteiger partial charge on any atom is -0.439 e. The number of hydrogen-bond acceptors (Lipinski definition) is 3. The lowest BCUT2D eigenvalue weighted by atomic mass is 10.2. The average Bonchev–Trinajstić information content (AvgIpc) is 2.32. The molecule has 2 rings (SSSR count). The Labute approximate surface area is 89.0 Å². The van der Waals surface area contributed by atoms with E-state index in [1.54, 1.807) is 0 Å². The van der Waals surface area contributed by atoms with Gasteiger partial charge >= 0.3 is 0 Å². The van der Waals surface area contributed by atoms with E-state index in [1.807, 2.05) is 30.3 Å². The van der Waals surface area contributed by atoms with Crippen LogP contribution in [0.5, 0.6) is 0 Å². The SMILES string of the molecule is C#COC1COC(c2ccccc2)OC1. The van der Waals surface area contributed by atoms with Crippen molar-refractivity contribution >= 4 is 0 Å². The molecule has 0 aromatic heterocycles. The molecule has 0 spiro atoms. The fourth-order valence-electron chi connectivity index (χ4n) is 1.45. The molecule has 0 bridgehead atoms. The topological polar surface area (TPSA) is 27.7 Å². The third-order valence-corrected chi connectivity index (χ3v) is 2.17. The normalized spacial score (nSPS) is 25.5. The van der Waals surface area contributed by atoms with Gasteiger partial charge < -0.3 is 14.2 Å². The van der Waals surface area contributed by atoms with Gasteiger partial charge in [0.2, 0.25) is 0 Å². The Morgan fingerprint density at radius 1 is 1.20 bits per heavy atom. The molecule has 3 nitrogen and oxygen atoms in total. The Kier molecular flexibility index (Phi) is 3.23. The smallest absolute Gasteiger partial charge is 0.184 e. The van der Waals surface area contributed by atoms with Crippen LogP contribution in [0.15, 0.2) is 30.3 Å². The zero-order chi connectivity index (χ0) is 10.5. The number of benzene rings is 1. The van der Waals surface area contributed by atoms with Gasteiger partial charge in [0.25, 0.3) is 0 Å². The molecule has 0 atom stereocenters. The first kappa shape index (κ1) is 10.0. The van der Waals surface area contributed by atoms with Gasteiger partial charge in [-0.05, 0) is 0 Å². The van der Waals surface area contributed by atoms with E-state index in [1.165, 1.54) is 0 Å². The van der Waals surface area contributed by atoms with E-state index in [0.717, 1.165) is 5.56 Å². The highest BCUT2D eigenvalue weighted by Crippen LogP contribution is 2.23. The zero-order valence-corrected chi connectivity index (χ0v) is 8.26. The predicted octanol–water partition coefficient (Wildman–Crippen LogP) is 1.71. The van der Waals surface area contributed by atoms with Crippen LogP contribution < -0.4 is 0 Å². The molecule has 1 aliphatic rings. The van der Waals surface area contributed by atoms with E-state index in [4.69, 9.17) is 20.6 Å². The van der Waals surface area contributed by atoms with E-state index in [2.05, 4.69) is 6.11 Å². The Hall–Kier alpha value is -1.50.